The van der Waals surface area contributed by atoms with E-state index >= 15 is 0 Å². The van der Waals surface area contributed by atoms with Gasteiger partial charge in [-0.3, -0.25) is 19.7 Å². The molecule has 2 rings (SSSR count). The number of non-ortho nitro benzene ring substituents is 1. The number of para-hydroxylation sites is 1. The minimum absolute atomic E-state index is 0.0420. The van der Waals surface area contributed by atoms with E-state index in [1.807, 2.05) is 0 Å². The molecule has 3 N–H and O–H groups in total. The van der Waals surface area contributed by atoms with Gasteiger partial charge in [-0.1, -0.05) is 23.7 Å². The summed E-state index contributed by atoms with van der Waals surface area (Å²) in [7, 11) is 1.37. The molecule has 0 aromatic heterocycles. The number of nitrogens with zero attached hydrogens (tertiary/aromatic N) is 1. The zero-order chi connectivity index (χ0) is 18.6. The molecule has 0 spiro atoms. The fourth-order valence-electron chi connectivity index (χ4n) is 2.25. The van der Waals surface area contributed by atoms with E-state index in [0.29, 0.717) is 5.56 Å². The molecule has 0 bridgehead atoms. The van der Waals surface area contributed by atoms with Gasteiger partial charge in [0.2, 0.25) is 5.91 Å². The molecule has 8 nitrogen and oxygen atoms in total. The third-order valence-corrected chi connectivity index (χ3v) is 3.67. The van der Waals surface area contributed by atoms with Gasteiger partial charge in [-0.15, -0.1) is 0 Å². The number of hydrogen-bond acceptors (Lipinski definition) is 5. The summed E-state index contributed by atoms with van der Waals surface area (Å²) in [6.07, 6.45) is -0.0996. The Morgan fingerprint density at radius 2 is 2.04 bits per heavy atom. The van der Waals surface area contributed by atoms with Gasteiger partial charge >= 0.3 is 0 Å². The highest BCUT2D eigenvalue weighted by molar-refractivity contribution is 6.34. The zero-order valence-corrected chi connectivity index (χ0v) is 13.9. The summed E-state index contributed by atoms with van der Waals surface area (Å²) in [4.78, 5) is 33.7. The molecule has 2 aromatic carbocycles. The van der Waals surface area contributed by atoms with Crippen molar-refractivity contribution in [3.05, 3.63) is 62.7 Å². The highest BCUT2D eigenvalue weighted by Crippen LogP contribution is 2.28. The number of amides is 2. The van der Waals surface area contributed by atoms with E-state index in [9.17, 15) is 19.7 Å². The van der Waals surface area contributed by atoms with Crippen LogP contribution in [-0.2, 0) is 11.2 Å². The predicted octanol–water partition coefficient (Wildman–Crippen LogP) is 2.54. The van der Waals surface area contributed by atoms with Crippen LogP contribution in [0, 0.1) is 10.1 Å². The van der Waals surface area contributed by atoms with Crippen molar-refractivity contribution in [2.24, 2.45) is 5.73 Å². The number of carbonyl (C=O) groups is 2. The summed E-state index contributed by atoms with van der Waals surface area (Å²) >= 11 is 5.94. The number of hydrogen-bond donors (Lipinski definition) is 2. The Hall–Kier alpha value is -3.13. The van der Waals surface area contributed by atoms with Gasteiger partial charge in [-0.05, 0) is 12.1 Å². The highest BCUT2D eigenvalue weighted by atomic mass is 35.5. The molecule has 9 heteroatoms. The number of nitrogens with two attached hydrogens (primary N) is 1. The molecule has 0 saturated carbocycles. The topological polar surface area (TPSA) is 125 Å². The minimum atomic E-state index is -0.669. The largest absolute Gasteiger partial charge is 0.496 e. The van der Waals surface area contributed by atoms with E-state index in [0.717, 1.165) is 6.07 Å². The van der Waals surface area contributed by atoms with Crippen LogP contribution in [0.15, 0.2) is 36.4 Å². The van der Waals surface area contributed by atoms with E-state index < -0.39 is 16.7 Å². The van der Waals surface area contributed by atoms with Crippen LogP contribution in [0.4, 0.5) is 11.4 Å². The number of nitrogens with one attached hydrogen (secondary N) is 1. The molecule has 0 fully saturated rings. The summed E-state index contributed by atoms with van der Waals surface area (Å²) in [5.41, 5.74) is 5.97. The Bertz CT molecular complexity index is 854. The van der Waals surface area contributed by atoms with Crippen LogP contribution in [0.3, 0.4) is 0 Å². The Morgan fingerprint density at radius 3 is 2.60 bits per heavy atom. The summed E-state index contributed by atoms with van der Waals surface area (Å²) in [6.45, 7) is 0. The molecule has 0 heterocycles. The quantitative estimate of drug-likeness (QED) is 0.602. The molecule has 130 valence electrons. The van der Waals surface area contributed by atoms with Crippen molar-refractivity contribution in [1.82, 2.24) is 0 Å². The average Bonchev–Trinajstić information content (AvgIpc) is 2.56. The van der Waals surface area contributed by atoms with Crippen LogP contribution in [0.25, 0.3) is 0 Å². The maximum Gasteiger partial charge on any atom is 0.271 e. The second kappa shape index (κ2) is 7.63. The van der Waals surface area contributed by atoms with Crippen molar-refractivity contribution >= 4 is 34.8 Å². The summed E-state index contributed by atoms with van der Waals surface area (Å²) < 4.78 is 5.17. The van der Waals surface area contributed by atoms with Crippen molar-refractivity contribution in [2.45, 2.75) is 6.42 Å². The Balaban J connectivity index is 2.20. The van der Waals surface area contributed by atoms with E-state index in [2.05, 4.69) is 5.32 Å². The standard InChI is InChI=1S/C16H14ClN3O5/c1-25-15-9(3-2-4-11(15)16(18)22)7-14(21)19-13-6-5-10(20(23)24)8-12(13)17/h2-6,8H,7H2,1H3,(H2,18,22)(H,19,21). The normalized spacial score (nSPS) is 10.2. The van der Waals surface area contributed by atoms with Gasteiger partial charge in [0.15, 0.2) is 0 Å². The van der Waals surface area contributed by atoms with Gasteiger partial charge < -0.3 is 15.8 Å². The molecule has 2 aromatic rings. The molecule has 0 unspecified atom stereocenters. The van der Waals surface area contributed by atoms with Crippen LogP contribution in [0.2, 0.25) is 5.02 Å². The molecule has 0 atom stereocenters. The third kappa shape index (κ3) is 4.24. The van der Waals surface area contributed by atoms with Crippen LogP contribution in [0.1, 0.15) is 15.9 Å². The van der Waals surface area contributed by atoms with E-state index in [-0.39, 0.29) is 34.1 Å². The summed E-state index contributed by atoms with van der Waals surface area (Å²) in [6, 6.07) is 8.43. The molecular formula is C16H14ClN3O5. The minimum Gasteiger partial charge on any atom is -0.496 e. The molecule has 0 aliphatic heterocycles. The molecule has 0 radical (unpaired) electrons. The number of rotatable bonds is 6. The first kappa shape index (κ1) is 18.2. The van der Waals surface area contributed by atoms with Crippen molar-refractivity contribution in [2.75, 3.05) is 12.4 Å². The third-order valence-electron chi connectivity index (χ3n) is 3.35. The Kier molecular flexibility index (Phi) is 5.56. The molecule has 0 saturated heterocycles. The molecular weight excluding hydrogens is 350 g/mol. The lowest BCUT2D eigenvalue weighted by Gasteiger charge is -2.12. The molecule has 25 heavy (non-hydrogen) atoms. The number of anilines is 1. The first-order chi connectivity index (χ1) is 11.8. The maximum atomic E-state index is 12.2. The number of primary amides is 1. The molecule has 0 aliphatic carbocycles. The Morgan fingerprint density at radius 1 is 1.32 bits per heavy atom. The fraction of sp³-hybridized carbons (Fsp3) is 0.125. The monoisotopic (exact) mass is 363 g/mol. The van der Waals surface area contributed by atoms with Gasteiger partial charge in [0.1, 0.15) is 5.75 Å². The predicted molar refractivity (Wildman–Crippen MR) is 92.0 cm³/mol. The fourth-order valence-corrected chi connectivity index (χ4v) is 2.47. The lowest BCUT2D eigenvalue weighted by atomic mass is 10.0. The number of benzene rings is 2. The zero-order valence-electron chi connectivity index (χ0n) is 13.1. The SMILES string of the molecule is COc1c(CC(=O)Nc2ccc([N+](=O)[O-])cc2Cl)cccc1C(N)=O. The van der Waals surface area contributed by atoms with Gasteiger partial charge in [0.05, 0.1) is 34.7 Å². The second-order valence-electron chi connectivity index (χ2n) is 5.01. The van der Waals surface area contributed by atoms with Crippen LogP contribution < -0.4 is 15.8 Å². The number of nitro benzene ring substituents is 1. The van der Waals surface area contributed by atoms with Crippen molar-refractivity contribution in [3.63, 3.8) is 0 Å². The van der Waals surface area contributed by atoms with Crippen molar-refractivity contribution in [1.29, 1.82) is 0 Å². The number of methoxy groups -OCH3 is 1. The van der Waals surface area contributed by atoms with Crippen LogP contribution >= 0.6 is 11.6 Å². The lowest BCUT2D eigenvalue weighted by Crippen LogP contribution is -2.17. The van der Waals surface area contributed by atoms with E-state index in [1.54, 1.807) is 12.1 Å². The van der Waals surface area contributed by atoms with Crippen molar-refractivity contribution in [3.8, 4) is 5.75 Å². The average molecular weight is 364 g/mol. The Labute approximate surface area is 147 Å². The second-order valence-corrected chi connectivity index (χ2v) is 5.42. The number of nitro groups is 1. The van der Waals surface area contributed by atoms with Crippen LogP contribution in [-0.4, -0.2) is 23.8 Å². The van der Waals surface area contributed by atoms with Gasteiger partial charge in [-0.2, -0.15) is 0 Å². The van der Waals surface area contributed by atoms with Crippen LogP contribution in [0.5, 0.6) is 5.75 Å². The van der Waals surface area contributed by atoms with E-state index in [1.165, 1.54) is 25.3 Å². The van der Waals surface area contributed by atoms with E-state index in [4.69, 9.17) is 22.1 Å². The van der Waals surface area contributed by atoms with Gasteiger partial charge in [-0.25, -0.2) is 0 Å². The van der Waals surface area contributed by atoms with Gasteiger partial charge in [0, 0.05) is 17.7 Å². The van der Waals surface area contributed by atoms with Crippen molar-refractivity contribution < 1.29 is 19.2 Å². The number of ether oxygens (including phenoxy) is 1. The summed E-state index contributed by atoms with van der Waals surface area (Å²) in [5.74, 6) is -0.881. The number of carbonyl (C=O) groups excluding carboxylic acids is 2. The maximum absolute atomic E-state index is 12.2. The molecule has 2 amide bonds. The first-order valence-corrected chi connectivity index (χ1v) is 7.40. The number of halogens is 1. The summed E-state index contributed by atoms with van der Waals surface area (Å²) in [5, 5.41) is 13.3. The molecule has 0 aliphatic rings. The lowest BCUT2D eigenvalue weighted by molar-refractivity contribution is -0.384. The van der Waals surface area contributed by atoms with Gasteiger partial charge in [0.25, 0.3) is 11.6 Å². The smallest absolute Gasteiger partial charge is 0.271 e. The first-order valence-electron chi connectivity index (χ1n) is 7.03. The highest BCUT2D eigenvalue weighted by Gasteiger charge is 2.17.